The molecule has 2 aromatic rings. The Labute approximate surface area is 169 Å². The molecule has 0 aliphatic carbocycles. The number of nitrogens with one attached hydrogen (secondary N) is 1. The third kappa shape index (κ3) is 4.96. The van der Waals surface area contributed by atoms with E-state index < -0.39 is 5.82 Å². The first-order chi connectivity index (χ1) is 12.2. The van der Waals surface area contributed by atoms with Crippen molar-refractivity contribution in [3.63, 3.8) is 0 Å². The van der Waals surface area contributed by atoms with Gasteiger partial charge in [0, 0.05) is 46.0 Å². The summed E-state index contributed by atoms with van der Waals surface area (Å²) in [5.74, 6) is 0.829. The van der Waals surface area contributed by atoms with E-state index in [4.69, 9.17) is 0 Å². The molecule has 3 rings (SSSR count). The molecule has 0 radical (unpaired) electrons. The van der Waals surface area contributed by atoms with Crippen molar-refractivity contribution in [1.82, 2.24) is 15.2 Å². The number of phenolic OH excluding ortho intramolecular Hbond substituents is 1. The van der Waals surface area contributed by atoms with E-state index in [1.54, 1.807) is 19.3 Å². The second-order valence-electron chi connectivity index (χ2n) is 5.85. The maximum Gasteiger partial charge on any atom is 0.194 e. The van der Waals surface area contributed by atoms with Crippen LogP contribution in [0.3, 0.4) is 0 Å². The predicted molar refractivity (Wildman–Crippen MR) is 112 cm³/mol. The fourth-order valence-electron chi connectivity index (χ4n) is 2.86. The van der Waals surface area contributed by atoms with Gasteiger partial charge in [-0.2, -0.15) is 0 Å². The summed E-state index contributed by atoms with van der Waals surface area (Å²) in [5.41, 5.74) is 0.753. The zero-order chi connectivity index (χ0) is 17.6. The Bertz CT molecular complexity index is 736. The summed E-state index contributed by atoms with van der Waals surface area (Å²) in [6.07, 6.45) is 1.80. The zero-order valence-electron chi connectivity index (χ0n) is 14.6. The Morgan fingerprint density at radius 2 is 2.00 bits per heavy atom. The van der Waals surface area contributed by atoms with Crippen LogP contribution in [0.15, 0.2) is 47.6 Å². The molecule has 2 N–H and O–H groups in total. The van der Waals surface area contributed by atoms with E-state index >= 15 is 0 Å². The number of benzene rings is 1. The number of aromatic nitrogens is 1. The van der Waals surface area contributed by atoms with Gasteiger partial charge in [0.1, 0.15) is 5.82 Å². The van der Waals surface area contributed by atoms with Crippen LogP contribution >= 0.6 is 24.0 Å². The quantitative estimate of drug-likeness (QED) is 0.409. The minimum absolute atomic E-state index is 0. The van der Waals surface area contributed by atoms with E-state index in [0.717, 1.165) is 43.5 Å². The second-order valence-corrected chi connectivity index (χ2v) is 5.85. The summed E-state index contributed by atoms with van der Waals surface area (Å²) in [7, 11) is 1.74. The first kappa shape index (κ1) is 20.2. The topological polar surface area (TPSA) is 64.0 Å². The van der Waals surface area contributed by atoms with Crippen molar-refractivity contribution in [3.05, 3.63) is 54.0 Å². The van der Waals surface area contributed by atoms with E-state index in [1.807, 2.05) is 18.2 Å². The van der Waals surface area contributed by atoms with Crippen molar-refractivity contribution in [2.45, 2.75) is 6.54 Å². The SMILES string of the molecule is CN=C(NCc1ccc(O)c(F)c1)N1CCN(c2ccccn2)CC1.I. The van der Waals surface area contributed by atoms with E-state index in [0.29, 0.717) is 6.54 Å². The Morgan fingerprint density at radius 3 is 2.62 bits per heavy atom. The van der Waals surface area contributed by atoms with Gasteiger partial charge in [-0.15, -0.1) is 24.0 Å². The van der Waals surface area contributed by atoms with Crippen LogP contribution in [0, 0.1) is 5.82 Å². The van der Waals surface area contributed by atoms with Crippen molar-refractivity contribution in [2.75, 3.05) is 38.1 Å². The van der Waals surface area contributed by atoms with Crippen LogP contribution in [-0.4, -0.2) is 54.2 Å². The van der Waals surface area contributed by atoms with Crippen molar-refractivity contribution < 1.29 is 9.50 Å². The molecule has 1 saturated heterocycles. The maximum atomic E-state index is 13.4. The van der Waals surface area contributed by atoms with Crippen molar-refractivity contribution in [3.8, 4) is 5.75 Å². The Kier molecular flexibility index (Phi) is 7.43. The van der Waals surface area contributed by atoms with Gasteiger partial charge in [-0.25, -0.2) is 9.37 Å². The van der Waals surface area contributed by atoms with Crippen LogP contribution in [0.25, 0.3) is 0 Å². The molecule has 1 aliphatic heterocycles. The molecule has 26 heavy (non-hydrogen) atoms. The van der Waals surface area contributed by atoms with Gasteiger partial charge < -0.3 is 20.2 Å². The monoisotopic (exact) mass is 471 g/mol. The molecule has 2 heterocycles. The smallest absolute Gasteiger partial charge is 0.194 e. The van der Waals surface area contributed by atoms with Crippen LogP contribution < -0.4 is 10.2 Å². The highest BCUT2D eigenvalue weighted by Crippen LogP contribution is 2.16. The number of guanidine groups is 1. The summed E-state index contributed by atoms with van der Waals surface area (Å²) >= 11 is 0. The number of piperazine rings is 1. The lowest BCUT2D eigenvalue weighted by atomic mass is 10.2. The van der Waals surface area contributed by atoms with Gasteiger partial charge in [0.05, 0.1) is 0 Å². The molecule has 0 spiro atoms. The van der Waals surface area contributed by atoms with Gasteiger partial charge in [-0.3, -0.25) is 4.99 Å². The van der Waals surface area contributed by atoms with Gasteiger partial charge in [0.25, 0.3) is 0 Å². The number of rotatable bonds is 3. The van der Waals surface area contributed by atoms with Crippen LogP contribution in [0.1, 0.15) is 5.56 Å². The summed E-state index contributed by atoms with van der Waals surface area (Å²) in [5, 5.41) is 12.5. The lowest BCUT2D eigenvalue weighted by Crippen LogP contribution is -2.52. The van der Waals surface area contributed by atoms with E-state index in [9.17, 15) is 9.50 Å². The van der Waals surface area contributed by atoms with Crippen LogP contribution in [0.5, 0.6) is 5.75 Å². The summed E-state index contributed by atoms with van der Waals surface area (Å²) < 4.78 is 13.4. The highest BCUT2D eigenvalue weighted by atomic mass is 127. The normalized spacial score (nSPS) is 14.8. The first-order valence-corrected chi connectivity index (χ1v) is 8.26. The Hall–Kier alpha value is -2.10. The molecule has 0 amide bonds. The average Bonchev–Trinajstić information content (AvgIpc) is 2.66. The minimum Gasteiger partial charge on any atom is -0.505 e. The van der Waals surface area contributed by atoms with Gasteiger partial charge in [0.2, 0.25) is 0 Å². The number of aliphatic imine (C=N–C) groups is 1. The lowest BCUT2D eigenvalue weighted by Gasteiger charge is -2.37. The number of hydrogen-bond acceptors (Lipinski definition) is 4. The number of pyridine rings is 1. The van der Waals surface area contributed by atoms with Crippen LogP contribution in [0.2, 0.25) is 0 Å². The van der Waals surface area contributed by atoms with E-state index in [1.165, 1.54) is 12.1 Å². The molecule has 0 saturated carbocycles. The number of phenols is 1. The number of hydrogen-bond donors (Lipinski definition) is 2. The molecule has 140 valence electrons. The zero-order valence-corrected chi connectivity index (χ0v) is 16.9. The summed E-state index contributed by atoms with van der Waals surface area (Å²) in [6.45, 7) is 3.85. The molecule has 1 aromatic heterocycles. The number of aromatic hydroxyl groups is 1. The molecule has 1 fully saturated rings. The lowest BCUT2D eigenvalue weighted by molar-refractivity contribution is 0.371. The van der Waals surface area contributed by atoms with Crippen molar-refractivity contribution in [2.24, 2.45) is 4.99 Å². The van der Waals surface area contributed by atoms with Gasteiger partial charge in [-0.05, 0) is 29.8 Å². The average molecular weight is 471 g/mol. The first-order valence-electron chi connectivity index (χ1n) is 8.26. The van der Waals surface area contributed by atoms with Gasteiger partial charge >= 0.3 is 0 Å². The molecule has 6 nitrogen and oxygen atoms in total. The third-order valence-corrected chi connectivity index (χ3v) is 4.23. The molecular formula is C18H23FIN5O. The molecule has 1 aromatic carbocycles. The fraction of sp³-hybridized carbons (Fsp3) is 0.333. The Balaban J connectivity index is 0.00000243. The van der Waals surface area contributed by atoms with Gasteiger partial charge in [-0.1, -0.05) is 12.1 Å². The number of halogens is 2. The molecule has 0 bridgehead atoms. The van der Waals surface area contributed by atoms with Crippen LogP contribution in [0.4, 0.5) is 10.2 Å². The second kappa shape index (κ2) is 9.56. The van der Waals surface area contributed by atoms with Crippen molar-refractivity contribution >= 4 is 35.8 Å². The van der Waals surface area contributed by atoms with E-state index in [-0.39, 0.29) is 29.7 Å². The third-order valence-electron chi connectivity index (χ3n) is 4.23. The standard InChI is InChI=1S/C18H22FN5O.HI/c1-20-18(22-13-14-5-6-16(25)15(19)12-14)24-10-8-23(9-11-24)17-4-2-3-7-21-17;/h2-7,12,25H,8-11,13H2,1H3,(H,20,22);1H. The highest BCUT2D eigenvalue weighted by molar-refractivity contribution is 14.0. The Morgan fingerprint density at radius 1 is 1.23 bits per heavy atom. The van der Waals surface area contributed by atoms with E-state index in [2.05, 4.69) is 25.1 Å². The number of anilines is 1. The molecule has 0 unspecified atom stereocenters. The molecular weight excluding hydrogens is 448 g/mol. The largest absolute Gasteiger partial charge is 0.505 e. The highest BCUT2D eigenvalue weighted by Gasteiger charge is 2.20. The van der Waals surface area contributed by atoms with Gasteiger partial charge in [0.15, 0.2) is 17.5 Å². The maximum absolute atomic E-state index is 13.4. The molecule has 8 heteroatoms. The minimum atomic E-state index is -0.613. The van der Waals surface area contributed by atoms with Crippen molar-refractivity contribution in [1.29, 1.82) is 0 Å². The molecule has 1 aliphatic rings. The summed E-state index contributed by atoms with van der Waals surface area (Å²) in [6, 6.07) is 10.3. The predicted octanol–water partition coefficient (Wildman–Crippen LogP) is 2.44. The molecule has 0 atom stereocenters. The van der Waals surface area contributed by atoms with Crippen LogP contribution in [-0.2, 0) is 6.54 Å². The summed E-state index contributed by atoms with van der Waals surface area (Å²) in [4.78, 5) is 13.1. The fourth-order valence-corrected chi connectivity index (χ4v) is 2.86. The number of nitrogens with zero attached hydrogens (tertiary/aromatic N) is 4.